The van der Waals surface area contributed by atoms with E-state index < -0.39 is 22.5 Å². The number of ether oxygens (including phenoxy) is 2. The quantitative estimate of drug-likeness (QED) is 0.625. The summed E-state index contributed by atoms with van der Waals surface area (Å²) in [7, 11) is 1.40. The summed E-state index contributed by atoms with van der Waals surface area (Å²) in [6, 6.07) is 6.34. The van der Waals surface area contributed by atoms with Gasteiger partial charge in [-0.15, -0.1) is 0 Å². The first-order chi connectivity index (χ1) is 11.9. The third-order valence-electron chi connectivity index (χ3n) is 4.32. The zero-order valence-corrected chi connectivity index (χ0v) is 14.3. The molecule has 1 N–H and O–H groups in total. The highest BCUT2D eigenvalue weighted by Gasteiger charge is 2.35. The normalized spacial score (nSPS) is 17.0. The number of carbonyl (C=O) groups is 1. The van der Waals surface area contributed by atoms with E-state index in [1.807, 2.05) is 0 Å². The number of nitro groups is 1. The molecule has 1 fully saturated rings. The minimum absolute atomic E-state index is 0.0249. The average Bonchev–Trinajstić information content (AvgIpc) is 2.62. The Kier molecular flexibility index (Phi) is 5.80. The zero-order valence-electron chi connectivity index (χ0n) is 14.3. The Morgan fingerprint density at radius 1 is 1.40 bits per heavy atom. The van der Waals surface area contributed by atoms with E-state index in [1.54, 1.807) is 0 Å². The second-order valence-corrected chi connectivity index (χ2v) is 6.09. The highest BCUT2D eigenvalue weighted by atomic mass is 16.6. The van der Waals surface area contributed by atoms with Crippen LogP contribution in [0, 0.1) is 21.4 Å². The Labute approximate surface area is 145 Å². The molecule has 1 aliphatic carbocycles. The smallest absolute Gasteiger partial charge is 0.314 e. The van der Waals surface area contributed by atoms with Crippen molar-refractivity contribution in [3.05, 3.63) is 28.3 Å². The van der Waals surface area contributed by atoms with E-state index in [9.17, 15) is 20.2 Å². The summed E-state index contributed by atoms with van der Waals surface area (Å²) in [6.45, 7) is 1.50. The number of rotatable bonds is 6. The number of methoxy groups -OCH3 is 1. The van der Waals surface area contributed by atoms with Crippen LogP contribution < -0.4 is 14.8 Å². The zero-order chi connectivity index (χ0) is 18.4. The van der Waals surface area contributed by atoms with Crippen LogP contribution in [0.15, 0.2) is 18.2 Å². The number of benzene rings is 1. The summed E-state index contributed by atoms with van der Waals surface area (Å²) < 4.78 is 10.4. The first-order valence-corrected chi connectivity index (χ1v) is 8.13. The molecule has 0 spiro atoms. The van der Waals surface area contributed by atoms with Crippen LogP contribution in [-0.2, 0) is 4.79 Å². The van der Waals surface area contributed by atoms with Gasteiger partial charge in [0.1, 0.15) is 11.3 Å². The molecule has 1 aromatic rings. The highest BCUT2D eigenvalue weighted by Crippen LogP contribution is 2.32. The predicted molar refractivity (Wildman–Crippen MR) is 89.3 cm³/mol. The summed E-state index contributed by atoms with van der Waals surface area (Å²) >= 11 is 0. The molecule has 134 valence electrons. The van der Waals surface area contributed by atoms with E-state index in [1.165, 1.54) is 32.2 Å². The molecule has 1 saturated carbocycles. The fourth-order valence-corrected chi connectivity index (χ4v) is 2.87. The topological polar surface area (TPSA) is 114 Å². The third kappa shape index (κ3) is 4.38. The predicted octanol–water partition coefficient (Wildman–Crippen LogP) is 2.71. The van der Waals surface area contributed by atoms with Crippen LogP contribution in [0.2, 0.25) is 0 Å². The minimum Gasteiger partial charge on any atom is -0.496 e. The van der Waals surface area contributed by atoms with Gasteiger partial charge in [-0.1, -0.05) is 19.3 Å². The fraction of sp³-hybridized carbons (Fsp3) is 0.529. The van der Waals surface area contributed by atoms with Crippen molar-refractivity contribution in [3.8, 4) is 17.6 Å². The van der Waals surface area contributed by atoms with Crippen LogP contribution in [0.1, 0.15) is 39.0 Å². The fourth-order valence-electron chi connectivity index (χ4n) is 2.87. The molecule has 0 heterocycles. The van der Waals surface area contributed by atoms with Crippen molar-refractivity contribution >= 4 is 11.6 Å². The Morgan fingerprint density at radius 2 is 2.08 bits per heavy atom. The lowest BCUT2D eigenvalue weighted by molar-refractivity contribution is -0.386. The monoisotopic (exact) mass is 347 g/mol. The Bertz CT molecular complexity index is 692. The van der Waals surface area contributed by atoms with Crippen LogP contribution in [0.4, 0.5) is 5.69 Å². The number of nitriles is 1. The van der Waals surface area contributed by atoms with Gasteiger partial charge in [0.05, 0.1) is 24.2 Å². The van der Waals surface area contributed by atoms with Gasteiger partial charge in [-0.05, 0) is 31.9 Å². The van der Waals surface area contributed by atoms with Crippen molar-refractivity contribution in [1.82, 2.24) is 5.32 Å². The molecule has 0 aliphatic heterocycles. The first-order valence-electron chi connectivity index (χ1n) is 8.13. The Hall–Kier alpha value is -2.82. The summed E-state index contributed by atoms with van der Waals surface area (Å²) in [5.74, 6) is -0.168. The molecular formula is C17H21N3O5. The van der Waals surface area contributed by atoms with Gasteiger partial charge in [-0.2, -0.15) is 5.26 Å². The van der Waals surface area contributed by atoms with Crippen LogP contribution in [0.3, 0.4) is 0 Å². The second-order valence-electron chi connectivity index (χ2n) is 6.09. The van der Waals surface area contributed by atoms with Crippen molar-refractivity contribution in [2.24, 2.45) is 0 Å². The summed E-state index contributed by atoms with van der Waals surface area (Å²) in [6.07, 6.45) is 3.04. The van der Waals surface area contributed by atoms with Gasteiger partial charge in [0.15, 0.2) is 11.9 Å². The lowest BCUT2D eigenvalue weighted by Crippen LogP contribution is -2.52. The van der Waals surface area contributed by atoms with E-state index in [2.05, 4.69) is 11.4 Å². The Morgan fingerprint density at radius 3 is 2.64 bits per heavy atom. The van der Waals surface area contributed by atoms with Gasteiger partial charge in [-0.25, -0.2) is 0 Å². The minimum atomic E-state index is -0.973. The molecule has 1 amide bonds. The standard InChI is InChI=1S/C17H21N3O5/c1-12(16(21)19-17(11-18)8-4-3-5-9-17)25-15-7-6-13(24-2)10-14(15)20(22)23/h6-7,10,12H,3-5,8-9H2,1-2H3,(H,19,21). The number of nitrogens with zero attached hydrogens (tertiary/aromatic N) is 2. The number of amides is 1. The van der Waals surface area contributed by atoms with Crippen molar-refractivity contribution in [2.75, 3.05) is 7.11 Å². The maximum Gasteiger partial charge on any atom is 0.314 e. The van der Waals surface area contributed by atoms with Gasteiger partial charge in [-0.3, -0.25) is 14.9 Å². The summed E-state index contributed by atoms with van der Waals surface area (Å²) in [5, 5.41) is 23.4. The number of carbonyl (C=O) groups excluding carboxylic acids is 1. The third-order valence-corrected chi connectivity index (χ3v) is 4.32. The van der Waals surface area contributed by atoms with Crippen molar-refractivity contribution in [1.29, 1.82) is 5.26 Å². The molecule has 0 aromatic heterocycles. The largest absolute Gasteiger partial charge is 0.496 e. The molecule has 1 aliphatic rings. The van der Waals surface area contributed by atoms with Crippen LogP contribution in [-0.4, -0.2) is 29.6 Å². The molecular weight excluding hydrogens is 326 g/mol. The van der Waals surface area contributed by atoms with Crippen molar-refractivity contribution in [3.63, 3.8) is 0 Å². The van der Waals surface area contributed by atoms with Gasteiger partial charge in [0.2, 0.25) is 0 Å². The van der Waals surface area contributed by atoms with Gasteiger partial charge in [0, 0.05) is 0 Å². The van der Waals surface area contributed by atoms with Gasteiger partial charge < -0.3 is 14.8 Å². The molecule has 2 rings (SSSR count). The van der Waals surface area contributed by atoms with Gasteiger partial charge in [0.25, 0.3) is 5.91 Å². The van der Waals surface area contributed by atoms with E-state index >= 15 is 0 Å². The first kappa shape index (κ1) is 18.5. The second kappa shape index (κ2) is 7.83. The molecule has 0 radical (unpaired) electrons. The van der Waals surface area contributed by atoms with E-state index in [0.29, 0.717) is 18.6 Å². The van der Waals surface area contributed by atoms with E-state index in [0.717, 1.165) is 19.3 Å². The van der Waals surface area contributed by atoms with E-state index in [-0.39, 0.29) is 11.4 Å². The molecule has 1 unspecified atom stereocenters. The Balaban J connectivity index is 2.11. The SMILES string of the molecule is COc1ccc(OC(C)C(=O)NC2(C#N)CCCCC2)c([N+](=O)[O-])c1. The molecule has 0 bridgehead atoms. The molecule has 1 atom stereocenters. The van der Waals surface area contributed by atoms with Crippen LogP contribution >= 0.6 is 0 Å². The average molecular weight is 347 g/mol. The number of nitrogens with one attached hydrogen (secondary N) is 1. The lowest BCUT2D eigenvalue weighted by Gasteiger charge is -2.32. The van der Waals surface area contributed by atoms with Crippen molar-refractivity contribution in [2.45, 2.75) is 50.7 Å². The summed E-state index contributed by atoms with van der Waals surface area (Å²) in [5.41, 5.74) is -1.16. The molecule has 0 saturated heterocycles. The summed E-state index contributed by atoms with van der Waals surface area (Å²) in [4.78, 5) is 23.0. The maximum atomic E-state index is 12.4. The lowest BCUT2D eigenvalue weighted by atomic mass is 9.83. The number of nitro benzene ring substituents is 1. The van der Waals surface area contributed by atoms with Crippen molar-refractivity contribution < 1.29 is 19.2 Å². The molecule has 8 nitrogen and oxygen atoms in total. The molecule has 1 aromatic carbocycles. The van der Waals surface area contributed by atoms with Crippen LogP contribution in [0.25, 0.3) is 0 Å². The number of hydrogen-bond donors (Lipinski definition) is 1. The molecule has 25 heavy (non-hydrogen) atoms. The molecule has 8 heteroatoms. The van der Waals surface area contributed by atoms with Gasteiger partial charge >= 0.3 is 5.69 Å². The van der Waals surface area contributed by atoms with Crippen LogP contribution in [0.5, 0.6) is 11.5 Å². The maximum absolute atomic E-state index is 12.4. The highest BCUT2D eigenvalue weighted by molar-refractivity contribution is 5.82. The number of hydrogen-bond acceptors (Lipinski definition) is 6. The van der Waals surface area contributed by atoms with E-state index in [4.69, 9.17) is 9.47 Å².